The van der Waals surface area contributed by atoms with Crippen LogP contribution in [-0.4, -0.2) is 36.4 Å². The van der Waals surface area contributed by atoms with E-state index in [0.717, 1.165) is 0 Å². The van der Waals surface area contributed by atoms with Gasteiger partial charge in [0.2, 0.25) is 0 Å². The molecule has 6 heteroatoms. The molecular formula is C9H16BrClO4. The number of alkyl halides is 2. The zero-order valence-corrected chi connectivity index (χ0v) is 11.4. The van der Waals surface area contributed by atoms with Crippen molar-refractivity contribution < 1.29 is 19.1 Å². The van der Waals surface area contributed by atoms with Gasteiger partial charge in [-0.25, -0.2) is 0 Å². The van der Waals surface area contributed by atoms with Gasteiger partial charge in [0.25, 0.3) is 0 Å². The first kappa shape index (κ1) is 17.1. The number of methoxy groups -OCH3 is 1. The third kappa shape index (κ3) is 13.7. The minimum Gasteiger partial charge on any atom is -0.468 e. The number of esters is 2. The molecule has 0 spiro atoms. The number of carbonyl (C=O) groups is 2. The fourth-order valence-electron chi connectivity index (χ4n) is 0.473. The predicted molar refractivity (Wildman–Crippen MR) is 62.4 cm³/mol. The summed E-state index contributed by atoms with van der Waals surface area (Å²) in [6.45, 7) is 3.84. The number of carbonyl (C=O) groups excluding carboxylic acids is 2. The highest BCUT2D eigenvalue weighted by Gasteiger charge is 2.06. The van der Waals surface area contributed by atoms with Crippen LogP contribution in [0.1, 0.15) is 20.3 Å². The second-order valence-corrected chi connectivity index (χ2v) is 3.83. The molecule has 0 saturated carbocycles. The number of hydrogen-bond acceptors (Lipinski definition) is 4. The van der Waals surface area contributed by atoms with E-state index in [-0.39, 0.29) is 11.9 Å². The largest absolute Gasteiger partial charge is 0.468 e. The van der Waals surface area contributed by atoms with Crippen LogP contribution >= 0.6 is 27.5 Å². The fraction of sp³-hybridized carbons (Fsp3) is 0.778. The number of rotatable bonds is 4. The zero-order chi connectivity index (χ0) is 12.3. The minimum atomic E-state index is -0.523. The van der Waals surface area contributed by atoms with Gasteiger partial charge in [-0.3, -0.25) is 9.59 Å². The summed E-state index contributed by atoms with van der Waals surface area (Å²) in [6, 6.07) is 0. The Labute approximate surface area is 103 Å². The first-order valence-corrected chi connectivity index (χ1v) is 5.98. The Bertz CT molecular complexity index is 177. The van der Waals surface area contributed by atoms with Crippen LogP contribution in [0, 0.1) is 0 Å². The average molecular weight is 304 g/mol. The SMILES string of the molecule is CCOC(=O)CCBr.COC(=O)C(C)Cl. The quantitative estimate of drug-likeness (QED) is 0.590. The summed E-state index contributed by atoms with van der Waals surface area (Å²) < 4.78 is 8.85. The summed E-state index contributed by atoms with van der Waals surface area (Å²) in [6.07, 6.45) is 0.466. The first-order valence-electron chi connectivity index (χ1n) is 4.43. The first-order chi connectivity index (χ1) is 6.99. The molecule has 0 saturated heterocycles. The zero-order valence-electron chi connectivity index (χ0n) is 9.09. The molecule has 0 radical (unpaired) electrons. The lowest BCUT2D eigenvalue weighted by atomic mass is 10.5. The minimum absolute atomic E-state index is 0.135. The van der Waals surface area contributed by atoms with Gasteiger partial charge in [0.05, 0.1) is 20.1 Å². The molecule has 0 aliphatic rings. The molecule has 0 aliphatic heterocycles. The third-order valence-electron chi connectivity index (χ3n) is 1.13. The van der Waals surface area contributed by atoms with Crippen LogP contribution in [0.15, 0.2) is 0 Å². The van der Waals surface area contributed by atoms with Crippen molar-refractivity contribution in [3.63, 3.8) is 0 Å². The molecule has 0 aromatic carbocycles. The molecule has 0 amide bonds. The highest BCUT2D eigenvalue weighted by atomic mass is 79.9. The fourth-order valence-corrected chi connectivity index (χ4v) is 0.886. The molecule has 0 rings (SSSR count). The highest BCUT2D eigenvalue weighted by Crippen LogP contribution is 1.93. The topological polar surface area (TPSA) is 52.6 Å². The van der Waals surface area contributed by atoms with Crippen molar-refractivity contribution >= 4 is 39.5 Å². The smallest absolute Gasteiger partial charge is 0.323 e. The number of halogens is 2. The maximum atomic E-state index is 10.4. The van der Waals surface area contributed by atoms with Crippen LogP contribution in [0.2, 0.25) is 0 Å². The van der Waals surface area contributed by atoms with Crippen LogP contribution in [-0.2, 0) is 19.1 Å². The molecular weight excluding hydrogens is 287 g/mol. The van der Waals surface area contributed by atoms with Crippen molar-refractivity contribution in [1.29, 1.82) is 0 Å². The van der Waals surface area contributed by atoms with Crippen LogP contribution in [0.4, 0.5) is 0 Å². The van der Waals surface area contributed by atoms with Gasteiger partial charge in [-0.15, -0.1) is 11.6 Å². The van der Waals surface area contributed by atoms with Crippen molar-refractivity contribution in [3.05, 3.63) is 0 Å². The van der Waals surface area contributed by atoms with E-state index in [2.05, 4.69) is 25.4 Å². The predicted octanol–water partition coefficient (Wildman–Crippen LogP) is 2.12. The van der Waals surface area contributed by atoms with Gasteiger partial charge in [-0.1, -0.05) is 15.9 Å². The van der Waals surface area contributed by atoms with Crippen LogP contribution in [0.25, 0.3) is 0 Å². The van der Waals surface area contributed by atoms with E-state index in [1.807, 2.05) is 0 Å². The number of ether oxygens (including phenoxy) is 2. The Morgan fingerprint density at radius 3 is 2.20 bits per heavy atom. The van der Waals surface area contributed by atoms with Gasteiger partial charge in [0.1, 0.15) is 5.38 Å². The van der Waals surface area contributed by atoms with E-state index in [1.54, 1.807) is 13.8 Å². The Balaban J connectivity index is 0. The van der Waals surface area contributed by atoms with Gasteiger partial charge in [-0.2, -0.15) is 0 Å². The summed E-state index contributed by atoms with van der Waals surface area (Å²) in [5, 5.41) is 0.163. The van der Waals surface area contributed by atoms with Gasteiger partial charge in [0, 0.05) is 5.33 Å². The Morgan fingerprint density at radius 1 is 1.47 bits per heavy atom. The molecule has 4 nitrogen and oxygen atoms in total. The van der Waals surface area contributed by atoms with Crippen LogP contribution < -0.4 is 0 Å². The Morgan fingerprint density at radius 2 is 2.00 bits per heavy atom. The normalized spacial score (nSPS) is 10.7. The number of hydrogen-bond donors (Lipinski definition) is 0. The van der Waals surface area contributed by atoms with E-state index in [9.17, 15) is 9.59 Å². The van der Waals surface area contributed by atoms with Crippen molar-refractivity contribution in [2.24, 2.45) is 0 Å². The molecule has 0 heterocycles. The lowest BCUT2D eigenvalue weighted by Gasteiger charge is -1.95. The molecule has 15 heavy (non-hydrogen) atoms. The van der Waals surface area contributed by atoms with Gasteiger partial charge >= 0.3 is 11.9 Å². The van der Waals surface area contributed by atoms with Crippen molar-refractivity contribution in [2.45, 2.75) is 25.6 Å². The van der Waals surface area contributed by atoms with Crippen molar-refractivity contribution in [1.82, 2.24) is 0 Å². The summed E-state index contributed by atoms with van der Waals surface area (Å²) in [4.78, 5) is 20.5. The van der Waals surface area contributed by atoms with Gasteiger partial charge in [0.15, 0.2) is 0 Å². The van der Waals surface area contributed by atoms with Crippen molar-refractivity contribution in [3.8, 4) is 0 Å². The molecule has 90 valence electrons. The summed E-state index contributed by atoms with van der Waals surface area (Å²) in [5.41, 5.74) is 0. The maximum Gasteiger partial charge on any atom is 0.323 e. The monoisotopic (exact) mass is 302 g/mol. The molecule has 0 fully saturated rings. The van der Waals surface area contributed by atoms with E-state index in [0.29, 0.717) is 18.4 Å². The summed E-state index contributed by atoms with van der Waals surface area (Å²) in [5.74, 6) is -0.522. The lowest BCUT2D eigenvalue weighted by molar-refractivity contribution is -0.142. The average Bonchev–Trinajstić information content (AvgIpc) is 2.18. The molecule has 1 atom stereocenters. The Kier molecular flexibility index (Phi) is 13.4. The Hall–Kier alpha value is -0.290. The van der Waals surface area contributed by atoms with E-state index < -0.39 is 5.38 Å². The second-order valence-electron chi connectivity index (χ2n) is 2.38. The highest BCUT2D eigenvalue weighted by molar-refractivity contribution is 9.09. The van der Waals surface area contributed by atoms with E-state index in [1.165, 1.54) is 7.11 Å². The van der Waals surface area contributed by atoms with Gasteiger partial charge < -0.3 is 9.47 Å². The maximum absolute atomic E-state index is 10.4. The lowest BCUT2D eigenvalue weighted by Crippen LogP contribution is -2.10. The second kappa shape index (κ2) is 11.8. The molecule has 1 unspecified atom stereocenters. The third-order valence-corrected chi connectivity index (χ3v) is 1.70. The van der Waals surface area contributed by atoms with Crippen LogP contribution in [0.5, 0.6) is 0 Å². The summed E-state index contributed by atoms with van der Waals surface area (Å²) >= 11 is 8.37. The molecule has 0 aliphatic carbocycles. The molecule has 0 aromatic heterocycles. The molecule has 0 aromatic rings. The van der Waals surface area contributed by atoms with Crippen molar-refractivity contribution in [2.75, 3.05) is 19.0 Å². The van der Waals surface area contributed by atoms with E-state index in [4.69, 9.17) is 11.6 Å². The molecule has 0 bridgehead atoms. The summed E-state index contributed by atoms with van der Waals surface area (Å²) in [7, 11) is 1.31. The van der Waals surface area contributed by atoms with Crippen LogP contribution in [0.3, 0.4) is 0 Å². The molecule has 0 N–H and O–H groups in total. The van der Waals surface area contributed by atoms with Gasteiger partial charge in [-0.05, 0) is 13.8 Å². The van der Waals surface area contributed by atoms with E-state index >= 15 is 0 Å². The standard InChI is InChI=1S/C5H9BrO2.C4H7ClO2/c1-2-8-5(7)3-4-6;1-3(5)4(6)7-2/h2-4H2,1H3;3H,1-2H3.